The van der Waals surface area contributed by atoms with Gasteiger partial charge in [0.2, 0.25) is 5.91 Å². The van der Waals surface area contributed by atoms with Gasteiger partial charge < -0.3 is 22.3 Å². The summed E-state index contributed by atoms with van der Waals surface area (Å²) in [4.78, 5) is 15.9. The second-order valence-corrected chi connectivity index (χ2v) is 5.27. The Hall–Kier alpha value is -1.27. The van der Waals surface area contributed by atoms with Gasteiger partial charge in [-0.3, -0.25) is 4.79 Å². The lowest BCUT2D eigenvalue weighted by atomic mass is 10.2. The molecule has 0 fully saturated rings. The van der Waals surface area contributed by atoms with Gasteiger partial charge in [0.15, 0.2) is 17.5 Å². The van der Waals surface area contributed by atoms with Crippen LogP contribution in [-0.2, 0) is 11.3 Å². The molecule has 4 nitrogen and oxygen atoms in total. The van der Waals surface area contributed by atoms with Crippen LogP contribution in [0.15, 0.2) is 36.0 Å². The highest BCUT2D eigenvalue weighted by Crippen LogP contribution is 2.14. The molecule has 20 heavy (non-hydrogen) atoms. The average molecular weight is 356 g/mol. The summed E-state index contributed by atoms with van der Waals surface area (Å²) in [7, 11) is 0. The first kappa shape index (κ1) is 16.8. The summed E-state index contributed by atoms with van der Waals surface area (Å²) >= 11 is 1.47. The number of amides is 1. The van der Waals surface area contributed by atoms with E-state index >= 15 is 0 Å². The van der Waals surface area contributed by atoms with Crippen molar-refractivity contribution < 1.29 is 26.3 Å². The third-order valence-corrected chi connectivity index (χ3v) is 3.59. The van der Waals surface area contributed by atoms with Crippen LogP contribution < -0.4 is 26.9 Å². The first-order valence-corrected chi connectivity index (χ1v) is 7.28. The fourth-order valence-corrected chi connectivity index (χ4v) is 2.46. The van der Waals surface area contributed by atoms with Crippen molar-refractivity contribution in [3.05, 3.63) is 41.7 Å². The maximum Gasteiger partial charge on any atom is 0.226 e. The van der Waals surface area contributed by atoms with E-state index in [0.717, 1.165) is 25.1 Å². The van der Waals surface area contributed by atoms with E-state index in [1.54, 1.807) is 0 Å². The number of anilines is 1. The molecule has 0 aliphatic heterocycles. The molecule has 0 bridgehead atoms. The lowest BCUT2D eigenvalue weighted by Crippen LogP contribution is -3.00. The Balaban J connectivity index is 0.00000200. The summed E-state index contributed by atoms with van der Waals surface area (Å²) in [5.74, 6) is 0.0485. The van der Waals surface area contributed by atoms with Crippen molar-refractivity contribution in [1.29, 1.82) is 0 Å². The topological polar surface area (TPSA) is 45.9 Å². The monoisotopic (exact) mass is 355 g/mol. The van der Waals surface area contributed by atoms with Crippen molar-refractivity contribution in [2.75, 3.05) is 5.32 Å². The third-order valence-electron chi connectivity index (χ3n) is 2.71. The first-order valence-electron chi connectivity index (χ1n) is 6.40. The molecule has 1 N–H and O–H groups in total. The average Bonchev–Trinajstić information content (AvgIpc) is 2.81. The van der Waals surface area contributed by atoms with Crippen LogP contribution in [0.4, 0.5) is 5.13 Å². The second kappa shape index (κ2) is 8.81. The molecule has 2 rings (SSSR count). The van der Waals surface area contributed by atoms with Crippen LogP contribution in [0.5, 0.6) is 0 Å². The fourth-order valence-electron chi connectivity index (χ4n) is 1.76. The Labute approximate surface area is 133 Å². The zero-order valence-corrected chi connectivity index (χ0v) is 13.8. The molecule has 0 aliphatic rings. The van der Waals surface area contributed by atoms with E-state index in [-0.39, 0.29) is 22.9 Å². The number of halogens is 1. The number of hydrogen-bond acceptors (Lipinski definition) is 3. The zero-order valence-electron chi connectivity index (χ0n) is 11.4. The Kier molecular flexibility index (Phi) is 7.40. The number of aromatic nitrogens is 2. The predicted octanol–water partition coefficient (Wildman–Crippen LogP) is -0.448. The molecule has 0 aliphatic carbocycles. The van der Waals surface area contributed by atoms with Crippen molar-refractivity contribution in [3.8, 4) is 0 Å². The Bertz CT molecular complexity index is 530. The van der Waals surface area contributed by atoms with Crippen LogP contribution in [0.1, 0.15) is 25.0 Å². The molecule has 0 spiro atoms. The lowest BCUT2D eigenvalue weighted by Gasteiger charge is -2.00. The van der Waals surface area contributed by atoms with Crippen molar-refractivity contribution >= 4 is 22.4 Å². The van der Waals surface area contributed by atoms with Crippen LogP contribution in [0.3, 0.4) is 0 Å². The van der Waals surface area contributed by atoms with Gasteiger partial charge in [-0.25, -0.2) is 9.55 Å². The van der Waals surface area contributed by atoms with Crippen LogP contribution in [0.2, 0.25) is 0 Å². The van der Waals surface area contributed by atoms with E-state index < -0.39 is 0 Å². The molecular formula is C14H18BrN3OS. The molecule has 2 aromatic rings. The van der Waals surface area contributed by atoms with Gasteiger partial charge in [-0.1, -0.05) is 6.07 Å². The third kappa shape index (κ3) is 5.79. The number of carbonyl (C=O) groups is 1. The number of pyridine rings is 1. The van der Waals surface area contributed by atoms with E-state index in [4.69, 9.17) is 0 Å². The van der Waals surface area contributed by atoms with E-state index in [1.807, 2.05) is 42.9 Å². The molecule has 0 saturated carbocycles. The molecule has 0 aromatic carbocycles. The van der Waals surface area contributed by atoms with E-state index in [9.17, 15) is 4.79 Å². The highest BCUT2D eigenvalue weighted by atomic mass is 79.9. The number of aryl methyl sites for hydroxylation is 2. The van der Waals surface area contributed by atoms with Gasteiger partial charge in [-0.15, -0.1) is 11.3 Å². The minimum Gasteiger partial charge on any atom is -1.00 e. The molecule has 2 aromatic heterocycles. The number of carbonyl (C=O) groups excluding carboxylic acids is 1. The van der Waals surface area contributed by atoms with Gasteiger partial charge in [0, 0.05) is 30.4 Å². The summed E-state index contributed by atoms with van der Waals surface area (Å²) in [6, 6.07) is 6.02. The van der Waals surface area contributed by atoms with Crippen molar-refractivity contribution in [2.45, 2.75) is 32.7 Å². The molecule has 0 unspecified atom stereocenters. The largest absolute Gasteiger partial charge is 1.00 e. The SMILES string of the molecule is Cc1csc(NC(=O)CCCC[n+]2ccccc2)n1.[Br-]. The van der Waals surface area contributed by atoms with Crippen LogP contribution in [0.25, 0.3) is 0 Å². The molecule has 0 saturated heterocycles. The van der Waals surface area contributed by atoms with Gasteiger partial charge >= 0.3 is 0 Å². The number of unbranched alkanes of at least 4 members (excludes halogenated alkanes) is 1. The van der Waals surface area contributed by atoms with Gasteiger partial charge in [0.25, 0.3) is 0 Å². The van der Waals surface area contributed by atoms with Crippen LogP contribution in [0, 0.1) is 6.92 Å². The lowest BCUT2D eigenvalue weighted by molar-refractivity contribution is -0.697. The number of rotatable bonds is 6. The summed E-state index contributed by atoms with van der Waals surface area (Å²) in [6.07, 6.45) is 6.51. The van der Waals surface area contributed by atoms with Crippen molar-refractivity contribution in [2.24, 2.45) is 0 Å². The number of nitrogens with one attached hydrogen (secondary N) is 1. The number of hydrogen-bond donors (Lipinski definition) is 1. The maximum absolute atomic E-state index is 11.7. The van der Waals surface area contributed by atoms with Gasteiger partial charge in [0.05, 0.1) is 5.69 Å². The Morgan fingerprint density at radius 1 is 1.30 bits per heavy atom. The van der Waals surface area contributed by atoms with Gasteiger partial charge in [0.1, 0.15) is 6.54 Å². The van der Waals surface area contributed by atoms with Crippen LogP contribution in [-0.4, -0.2) is 10.9 Å². The summed E-state index contributed by atoms with van der Waals surface area (Å²) in [5, 5.41) is 5.45. The highest BCUT2D eigenvalue weighted by molar-refractivity contribution is 7.13. The summed E-state index contributed by atoms with van der Waals surface area (Å²) in [6.45, 7) is 2.87. The molecule has 6 heteroatoms. The molecule has 0 atom stereocenters. The normalized spacial score (nSPS) is 9.85. The first-order chi connectivity index (χ1) is 9.24. The molecular weight excluding hydrogens is 338 g/mol. The van der Waals surface area contributed by atoms with Crippen molar-refractivity contribution in [1.82, 2.24) is 4.98 Å². The number of nitrogens with zero attached hydrogens (tertiary/aromatic N) is 2. The van der Waals surface area contributed by atoms with Crippen molar-refractivity contribution in [3.63, 3.8) is 0 Å². The molecule has 1 amide bonds. The smallest absolute Gasteiger partial charge is 0.226 e. The fraction of sp³-hybridized carbons (Fsp3) is 0.357. The second-order valence-electron chi connectivity index (χ2n) is 4.41. The number of thiazole rings is 1. The van der Waals surface area contributed by atoms with E-state index in [1.165, 1.54) is 11.3 Å². The Morgan fingerprint density at radius 3 is 2.70 bits per heavy atom. The quantitative estimate of drug-likeness (QED) is 0.563. The summed E-state index contributed by atoms with van der Waals surface area (Å²) in [5.41, 5.74) is 0.945. The minimum atomic E-state index is 0. The Morgan fingerprint density at radius 2 is 2.05 bits per heavy atom. The molecule has 0 radical (unpaired) electrons. The maximum atomic E-state index is 11.7. The summed E-state index contributed by atoms with van der Waals surface area (Å²) < 4.78 is 2.13. The van der Waals surface area contributed by atoms with E-state index in [2.05, 4.69) is 14.9 Å². The highest BCUT2D eigenvalue weighted by Gasteiger charge is 2.06. The predicted molar refractivity (Wildman–Crippen MR) is 76.0 cm³/mol. The molecule has 108 valence electrons. The minimum absolute atomic E-state index is 0. The van der Waals surface area contributed by atoms with E-state index in [0.29, 0.717) is 11.6 Å². The zero-order chi connectivity index (χ0) is 13.5. The van der Waals surface area contributed by atoms with Gasteiger partial charge in [-0.2, -0.15) is 0 Å². The standard InChI is InChI=1S/C14H17N3OS.BrH/c1-12-11-19-14(15-12)16-13(18)7-3-6-10-17-8-4-2-5-9-17;/h2,4-5,8-9,11H,3,6-7,10H2,1H3;1H. The molecule has 2 heterocycles. The van der Waals surface area contributed by atoms with Crippen LogP contribution >= 0.6 is 11.3 Å². The van der Waals surface area contributed by atoms with Gasteiger partial charge in [-0.05, 0) is 13.3 Å².